The highest BCUT2D eigenvalue weighted by Crippen LogP contribution is 2.28. The van der Waals surface area contributed by atoms with E-state index in [1.807, 2.05) is 13.2 Å². The number of aliphatic hydroxyl groups is 1. The Kier molecular flexibility index (Phi) is 6.53. The minimum Gasteiger partial charge on any atom is -0.392 e. The Labute approximate surface area is 133 Å². The van der Waals surface area contributed by atoms with E-state index in [1.54, 1.807) is 31.8 Å². The van der Waals surface area contributed by atoms with Crippen LogP contribution >= 0.6 is 27.7 Å². The van der Waals surface area contributed by atoms with Gasteiger partial charge in [0.05, 0.1) is 11.5 Å². The van der Waals surface area contributed by atoms with Gasteiger partial charge >= 0.3 is 0 Å². The molecule has 20 heavy (non-hydrogen) atoms. The van der Waals surface area contributed by atoms with Gasteiger partial charge in [0, 0.05) is 23.3 Å². The molecule has 1 aromatic rings. The summed E-state index contributed by atoms with van der Waals surface area (Å²) in [4.78, 5) is 0.242. The summed E-state index contributed by atoms with van der Waals surface area (Å²) in [5, 5.41) is 9.24. The highest BCUT2D eigenvalue weighted by molar-refractivity contribution is 9.10. The summed E-state index contributed by atoms with van der Waals surface area (Å²) in [5.41, 5.74) is 1.23. The molecule has 1 aromatic carbocycles. The molecule has 0 aliphatic heterocycles. The molecule has 1 unspecified atom stereocenters. The molecule has 114 valence electrons. The van der Waals surface area contributed by atoms with Crippen LogP contribution in [-0.2, 0) is 16.6 Å². The topological polar surface area (TPSA) is 57.6 Å². The standard InChI is InChI=1S/C13H20BrNO3S2/c1-9(8-19-4)15(3)20(17,18)13-6-11(7-16)5-12(14)10(13)2/h5-6,9,16H,7-8H2,1-4H3. The maximum atomic E-state index is 12.7. The highest BCUT2D eigenvalue weighted by atomic mass is 79.9. The van der Waals surface area contributed by atoms with Crippen LogP contribution in [-0.4, -0.2) is 42.9 Å². The largest absolute Gasteiger partial charge is 0.392 e. The van der Waals surface area contributed by atoms with Gasteiger partial charge in [0.1, 0.15) is 0 Å². The van der Waals surface area contributed by atoms with E-state index >= 15 is 0 Å². The molecule has 0 aliphatic carbocycles. The van der Waals surface area contributed by atoms with E-state index in [9.17, 15) is 13.5 Å². The van der Waals surface area contributed by atoms with Gasteiger partial charge in [0.25, 0.3) is 0 Å². The molecule has 1 atom stereocenters. The van der Waals surface area contributed by atoms with Crippen LogP contribution in [0.3, 0.4) is 0 Å². The lowest BCUT2D eigenvalue weighted by Crippen LogP contribution is -2.37. The fraction of sp³-hybridized carbons (Fsp3) is 0.538. The molecule has 0 aromatic heterocycles. The number of halogens is 1. The lowest BCUT2D eigenvalue weighted by atomic mass is 10.2. The molecule has 0 bridgehead atoms. The quantitative estimate of drug-likeness (QED) is 0.822. The first-order valence-electron chi connectivity index (χ1n) is 6.12. The number of benzene rings is 1. The Morgan fingerprint density at radius 2 is 2.05 bits per heavy atom. The van der Waals surface area contributed by atoms with E-state index in [4.69, 9.17) is 0 Å². The van der Waals surface area contributed by atoms with Crippen molar-refractivity contribution in [3.8, 4) is 0 Å². The van der Waals surface area contributed by atoms with Crippen LogP contribution in [0, 0.1) is 6.92 Å². The molecule has 0 fully saturated rings. The van der Waals surface area contributed by atoms with Gasteiger partial charge in [-0.2, -0.15) is 16.1 Å². The average Bonchev–Trinajstić information content (AvgIpc) is 2.40. The zero-order valence-corrected chi connectivity index (χ0v) is 15.3. The second-order valence-corrected chi connectivity index (χ2v) is 8.42. The Morgan fingerprint density at radius 3 is 2.55 bits per heavy atom. The van der Waals surface area contributed by atoms with Crippen LogP contribution in [0.2, 0.25) is 0 Å². The summed E-state index contributed by atoms with van der Waals surface area (Å²) < 4.78 is 27.5. The highest BCUT2D eigenvalue weighted by Gasteiger charge is 2.27. The molecule has 1 N–H and O–H groups in total. The van der Waals surface area contributed by atoms with Gasteiger partial charge in [-0.3, -0.25) is 0 Å². The fourth-order valence-electron chi connectivity index (χ4n) is 1.80. The summed E-state index contributed by atoms with van der Waals surface area (Å²) >= 11 is 4.96. The van der Waals surface area contributed by atoms with Crippen molar-refractivity contribution >= 4 is 37.7 Å². The van der Waals surface area contributed by atoms with Crippen LogP contribution in [0.1, 0.15) is 18.1 Å². The Bertz CT molecular complexity index is 575. The maximum Gasteiger partial charge on any atom is 0.243 e. The SMILES string of the molecule is CSCC(C)N(C)S(=O)(=O)c1cc(CO)cc(Br)c1C. The first kappa shape index (κ1) is 18.0. The van der Waals surface area contributed by atoms with Crippen molar-refractivity contribution in [2.75, 3.05) is 19.1 Å². The van der Waals surface area contributed by atoms with E-state index in [2.05, 4.69) is 15.9 Å². The second kappa shape index (κ2) is 7.26. The minimum absolute atomic E-state index is 0.0917. The third kappa shape index (κ3) is 3.76. The summed E-state index contributed by atoms with van der Waals surface area (Å²) in [6.45, 7) is 3.45. The molecule has 0 saturated carbocycles. The molecule has 4 nitrogen and oxygen atoms in total. The molecule has 0 aliphatic rings. The monoisotopic (exact) mass is 381 g/mol. The van der Waals surface area contributed by atoms with Gasteiger partial charge in [0.15, 0.2) is 0 Å². The number of sulfonamides is 1. The summed E-state index contributed by atoms with van der Waals surface area (Å²) in [7, 11) is -1.97. The van der Waals surface area contributed by atoms with E-state index < -0.39 is 10.0 Å². The van der Waals surface area contributed by atoms with E-state index in [-0.39, 0.29) is 17.5 Å². The van der Waals surface area contributed by atoms with Gasteiger partial charge in [0.2, 0.25) is 10.0 Å². The van der Waals surface area contributed by atoms with E-state index in [0.717, 1.165) is 5.75 Å². The molecule has 1 rings (SSSR count). The Hall–Kier alpha value is -0.0800. The van der Waals surface area contributed by atoms with Gasteiger partial charge < -0.3 is 5.11 Å². The predicted molar refractivity (Wildman–Crippen MR) is 87.6 cm³/mol. The first-order chi connectivity index (χ1) is 9.25. The van der Waals surface area contributed by atoms with Gasteiger partial charge in [-0.1, -0.05) is 15.9 Å². The van der Waals surface area contributed by atoms with Crippen molar-refractivity contribution in [3.63, 3.8) is 0 Å². The zero-order chi connectivity index (χ0) is 15.5. The number of rotatable bonds is 6. The minimum atomic E-state index is -3.57. The van der Waals surface area contributed by atoms with Crippen LogP contribution in [0.25, 0.3) is 0 Å². The van der Waals surface area contributed by atoms with Crippen LogP contribution in [0.15, 0.2) is 21.5 Å². The molecule has 0 spiro atoms. The smallest absolute Gasteiger partial charge is 0.243 e. The van der Waals surface area contributed by atoms with Crippen molar-refractivity contribution in [1.82, 2.24) is 4.31 Å². The van der Waals surface area contributed by atoms with Crippen molar-refractivity contribution in [2.45, 2.75) is 31.4 Å². The third-order valence-electron chi connectivity index (χ3n) is 3.22. The van der Waals surface area contributed by atoms with Crippen molar-refractivity contribution in [3.05, 3.63) is 27.7 Å². The number of thioether (sulfide) groups is 1. The zero-order valence-electron chi connectivity index (χ0n) is 12.1. The molecule has 0 saturated heterocycles. The first-order valence-corrected chi connectivity index (χ1v) is 9.75. The lowest BCUT2D eigenvalue weighted by molar-refractivity contribution is 0.281. The second-order valence-electron chi connectivity index (χ2n) is 4.68. The van der Waals surface area contributed by atoms with E-state index in [0.29, 0.717) is 15.6 Å². The average molecular weight is 382 g/mol. The number of aliphatic hydroxyl groups excluding tert-OH is 1. The van der Waals surface area contributed by atoms with Crippen LogP contribution in [0.5, 0.6) is 0 Å². The molecular weight excluding hydrogens is 362 g/mol. The molecular formula is C13H20BrNO3S2. The molecule has 7 heteroatoms. The maximum absolute atomic E-state index is 12.7. The Balaban J connectivity index is 3.31. The van der Waals surface area contributed by atoms with Crippen LogP contribution in [0.4, 0.5) is 0 Å². The fourth-order valence-corrected chi connectivity index (χ4v) is 4.90. The van der Waals surface area contributed by atoms with Gasteiger partial charge in [-0.05, 0) is 43.4 Å². The molecule has 0 heterocycles. The summed E-state index contributed by atoms with van der Waals surface area (Å²) in [6.07, 6.45) is 1.95. The van der Waals surface area contributed by atoms with E-state index in [1.165, 1.54) is 10.4 Å². The summed E-state index contributed by atoms with van der Waals surface area (Å²) in [6, 6.07) is 3.18. The number of hydrogen-bond donors (Lipinski definition) is 1. The lowest BCUT2D eigenvalue weighted by Gasteiger charge is -2.25. The van der Waals surface area contributed by atoms with Crippen LogP contribution < -0.4 is 0 Å². The summed E-state index contributed by atoms with van der Waals surface area (Å²) in [5.74, 6) is 0.732. The molecule has 0 amide bonds. The van der Waals surface area contributed by atoms with Gasteiger partial charge in [-0.25, -0.2) is 8.42 Å². The van der Waals surface area contributed by atoms with Crippen molar-refractivity contribution in [1.29, 1.82) is 0 Å². The predicted octanol–water partition coefficient (Wildman–Crippen LogP) is 2.62. The van der Waals surface area contributed by atoms with Crippen molar-refractivity contribution in [2.24, 2.45) is 0 Å². The van der Waals surface area contributed by atoms with Gasteiger partial charge in [-0.15, -0.1) is 0 Å². The number of hydrogen-bond acceptors (Lipinski definition) is 4. The molecule has 0 radical (unpaired) electrons. The Morgan fingerprint density at radius 1 is 1.45 bits per heavy atom. The normalized spacial score (nSPS) is 13.8. The third-order valence-corrected chi connectivity index (χ3v) is 6.96. The van der Waals surface area contributed by atoms with Crippen molar-refractivity contribution < 1.29 is 13.5 Å². The number of nitrogens with zero attached hydrogens (tertiary/aromatic N) is 1.